The smallest absolute Gasteiger partial charge is 0.463 e. The average Bonchev–Trinajstić information content (AvgIpc) is 0.911. The number of aliphatic hydroxyl groups is 2. The van der Waals surface area contributed by atoms with Crippen LogP contribution in [0.1, 0.15) is 329 Å². The van der Waals surface area contributed by atoms with Gasteiger partial charge in [-0.15, -0.1) is 0 Å². The minimum atomic E-state index is -4.94. The molecular formula is C85H146O16P2. The van der Waals surface area contributed by atoms with Crippen LogP contribution in [0.2, 0.25) is 0 Å². The average molecular weight is 1490 g/mol. The van der Waals surface area contributed by atoms with E-state index >= 15 is 0 Å². The van der Waals surface area contributed by atoms with Gasteiger partial charge in [0.15, 0.2) is 6.10 Å². The quantitative estimate of drug-likeness (QED) is 0.0146. The molecular weight excluding hydrogens is 1340 g/mol. The Hall–Kier alpha value is -4.31. The lowest BCUT2D eigenvalue weighted by molar-refractivity contribution is -0.161. The van der Waals surface area contributed by atoms with Gasteiger partial charge in [0.05, 0.1) is 26.4 Å². The van der Waals surface area contributed by atoms with Crippen molar-refractivity contribution in [3.63, 3.8) is 0 Å². The van der Waals surface area contributed by atoms with Crippen molar-refractivity contribution in [1.29, 1.82) is 0 Å². The second-order valence-electron chi connectivity index (χ2n) is 26.8. The van der Waals surface area contributed by atoms with Gasteiger partial charge in [0.25, 0.3) is 0 Å². The summed E-state index contributed by atoms with van der Waals surface area (Å²) >= 11 is 0. The van der Waals surface area contributed by atoms with Gasteiger partial charge in [-0.05, 0) is 135 Å². The van der Waals surface area contributed by atoms with E-state index in [0.29, 0.717) is 19.3 Å². The molecule has 0 bridgehead atoms. The van der Waals surface area contributed by atoms with Crippen LogP contribution in [-0.4, -0.2) is 95.9 Å². The predicted octanol–water partition coefficient (Wildman–Crippen LogP) is 23.9. The molecule has 0 aliphatic rings. The lowest BCUT2D eigenvalue weighted by Gasteiger charge is -2.21. The van der Waals surface area contributed by atoms with E-state index in [4.69, 9.17) is 32.3 Å². The van der Waals surface area contributed by atoms with Crippen molar-refractivity contribution in [2.24, 2.45) is 0 Å². The second kappa shape index (κ2) is 77.3. The first-order valence-electron chi connectivity index (χ1n) is 40.5. The molecule has 5 atom stereocenters. The monoisotopic (exact) mass is 1490 g/mol. The third-order valence-electron chi connectivity index (χ3n) is 16.8. The molecule has 0 heterocycles. The Balaban J connectivity index is 4.36. The van der Waals surface area contributed by atoms with Crippen molar-refractivity contribution in [3.05, 3.63) is 134 Å². The highest BCUT2D eigenvalue weighted by atomic mass is 31.2. The van der Waals surface area contributed by atoms with Gasteiger partial charge in [0, 0.05) is 19.3 Å². The van der Waals surface area contributed by atoms with Crippen LogP contribution < -0.4 is 0 Å². The van der Waals surface area contributed by atoms with Gasteiger partial charge < -0.3 is 34.2 Å². The van der Waals surface area contributed by atoms with Crippen LogP contribution in [0.15, 0.2) is 134 Å². The summed E-state index contributed by atoms with van der Waals surface area (Å²) in [5.41, 5.74) is 0. The molecule has 0 aliphatic heterocycles. The maximum Gasteiger partial charge on any atom is 0.472 e. The maximum atomic E-state index is 12.9. The summed E-state index contributed by atoms with van der Waals surface area (Å²) in [4.78, 5) is 58.5. The van der Waals surface area contributed by atoms with E-state index in [0.717, 1.165) is 128 Å². The molecule has 0 fully saturated rings. The SMILES string of the molecule is CC/C=C\C/C=C\C/C=C\C/C=C\C/C=C\C/C=C\CCCCC(=O)OCC(COP(=O)(O)OCC(O)COP(=O)(O)OCC(O)COC(=O)CCCCCCCCCCCCCCCCCCCCC/C=C\C/C=C\C/C=C\C/C=C\CCCCC)OC(=O)CCCCCCC/C=C\CCCC. The largest absolute Gasteiger partial charge is 0.472 e. The summed E-state index contributed by atoms with van der Waals surface area (Å²) in [6.07, 6.45) is 94.0. The molecule has 18 heteroatoms. The van der Waals surface area contributed by atoms with Crippen molar-refractivity contribution in [2.75, 3.05) is 39.6 Å². The molecule has 592 valence electrons. The Bertz CT molecular complexity index is 2410. The number of hydrogen-bond acceptors (Lipinski definition) is 14. The summed E-state index contributed by atoms with van der Waals surface area (Å²) in [6.45, 7) is 2.44. The normalized spacial score (nSPS) is 14.7. The van der Waals surface area contributed by atoms with Crippen LogP contribution in [0.3, 0.4) is 0 Å². The zero-order valence-corrected chi connectivity index (χ0v) is 66.5. The van der Waals surface area contributed by atoms with Crippen LogP contribution >= 0.6 is 15.6 Å². The van der Waals surface area contributed by atoms with Gasteiger partial charge in [0.2, 0.25) is 0 Å². The number of allylic oxidation sites excluding steroid dienone is 22. The third-order valence-corrected chi connectivity index (χ3v) is 18.7. The summed E-state index contributed by atoms with van der Waals surface area (Å²) in [6, 6.07) is 0. The number of carbonyl (C=O) groups excluding carboxylic acids is 3. The van der Waals surface area contributed by atoms with Crippen LogP contribution in [0, 0.1) is 0 Å². The molecule has 0 saturated heterocycles. The number of carbonyl (C=O) groups is 3. The molecule has 0 aromatic rings. The number of ether oxygens (including phenoxy) is 3. The van der Waals surface area contributed by atoms with E-state index in [9.17, 15) is 43.5 Å². The van der Waals surface area contributed by atoms with Crippen molar-refractivity contribution in [3.8, 4) is 0 Å². The summed E-state index contributed by atoms with van der Waals surface area (Å²) < 4.78 is 61.0. The molecule has 0 rings (SSSR count). The van der Waals surface area contributed by atoms with Crippen molar-refractivity contribution in [2.45, 2.75) is 347 Å². The molecule has 0 aliphatic carbocycles. The number of aliphatic hydroxyl groups excluding tert-OH is 2. The van der Waals surface area contributed by atoms with Crippen LogP contribution in [-0.2, 0) is 55.8 Å². The highest BCUT2D eigenvalue weighted by Crippen LogP contribution is 2.45. The molecule has 103 heavy (non-hydrogen) atoms. The van der Waals surface area contributed by atoms with Gasteiger partial charge in [-0.3, -0.25) is 32.5 Å². The van der Waals surface area contributed by atoms with Gasteiger partial charge in [-0.2, -0.15) is 0 Å². The molecule has 0 saturated carbocycles. The Kier molecular flexibility index (Phi) is 74.1. The number of rotatable bonds is 76. The van der Waals surface area contributed by atoms with Gasteiger partial charge in [-0.1, -0.05) is 309 Å². The minimum absolute atomic E-state index is 0.0815. The fraction of sp³-hybridized carbons (Fsp3) is 0.706. The summed E-state index contributed by atoms with van der Waals surface area (Å²) in [7, 11) is -9.80. The molecule has 0 amide bonds. The molecule has 0 aromatic carbocycles. The highest BCUT2D eigenvalue weighted by molar-refractivity contribution is 7.47. The predicted molar refractivity (Wildman–Crippen MR) is 426 cm³/mol. The van der Waals surface area contributed by atoms with Crippen molar-refractivity contribution < 1.29 is 75.8 Å². The molecule has 16 nitrogen and oxygen atoms in total. The Morgan fingerprint density at radius 2 is 0.524 bits per heavy atom. The van der Waals surface area contributed by atoms with E-state index in [-0.39, 0.29) is 19.3 Å². The number of phosphoric acid groups is 2. The molecule has 0 radical (unpaired) electrons. The Morgan fingerprint density at radius 1 is 0.282 bits per heavy atom. The van der Waals surface area contributed by atoms with Crippen LogP contribution in [0.25, 0.3) is 0 Å². The molecule has 5 unspecified atom stereocenters. The van der Waals surface area contributed by atoms with Gasteiger partial charge in [-0.25, -0.2) is 9.13 Å². The van der Waals surface area contributed by atoms with E-state index in [1.807, 2.05) is 0 Å². The van der Waals surface area contributed by atoms with Crippen LogP contribution in [0.4, 0.5) is 0 Å². The standard InChI is InChI=1S/C85H146O16P2/c1-4-7-10-13-16-19-22-24-26-28-30-32-33-34-35-36-37-38-39-40-41-42-43-44-45-47-49-50-52-54-57-59-62-65-68-71-83(88)95-74-80(86)75-97-102(91,92)98-76-81(87)77-99-103(93,94)100-79-82(101-85(90)73-70-67-64-61-56-21-18-15-12-9-6-3)78-96-84(89)72-69-66-63-60-58-55-53-51-48-46-31-29-27-25-23-20-17-14-11-8-5-2/h8,11,15-20,24-27,30-32,34-35,46,51,53,58,60,80-82,86-87H,4-7,9-10,12-14,21-23,28-29,33,36-45,47-50,52,54-57,59,61-79H2,1-3H3,(H,91,92)(H,93,94)/b11-8-,18-15-,19-16-,20-17-,26-24-,27-25-,32-30-,35-34-,46-31-,53-51-,60-58-. The lowest BCUT2D eigenvalue weighted by atomic mass is 10.0. The van der Waals surface area contributed by atoms with Crippen LogP contribution in [0.5, 0.6) is 0 Å². The maximum absolute atomic E-state index is 12.9. The molecule has 0 spiro atoms. The number of hydrogen-bond donors (Lipinski definition) is 4. The van der Waals surface area contributed by atoms with E-state index in [1.165, 1.54) is 141 Å². The zero-order valence-electron chi connectivity index (χ0n) is 64.7. The number of unbranched alkanes of at least 4 members (excludes halogenated alkanes) is 31. The summed E-state index contributed by atoms with van der Waals surface area (Å²) in [5.74, 6) is -1.64. The highest BCUT2D eigenvalue weighted by Gasteiger charge is 2.29. The van der Waals surface area contributed by atoms with Crippen molar-refractivity contribution >= 4 is 33.6 Å². The Labute approximate surface area is 626 Å². The summed E-state index contributed by atoms with van der Waals surface area (Å²) in [5, 5.41) is 20.6. The van der Waals surface area contributed by atoms with E-state index in [1.54, 1.807) is 0 Å². The van der Waals surface area contributed by atoms with Crippen molar-refractivity contribution in [1.82, 2.24) is 0 Å². The van der Waals surface area contributed by atoms with Gasteiger partial charge in [0.1, 0.15) is 25.4 Å². The Morgan fingerprint density at radius 3 is 0.874 bits per heavy atom. The molecule has 0 aromatic heterocycles. The fourth-order valence-corrected chi connectivity index (χ4v) is 12.2. The topological polar surface area (TPSA) is 231 Å². The van der Waals surface area contributed by atoms with Gasteiger partial charge >= 0.3 is 33.6 Å². The first kappa shape index (κ1) is 98.7. The number of phosphoric ester groups is 2. The first-order chi connectivity index (χ1) is 50.2. The number of esters is 3. The second-order valence-corrected chi connectivity index (χ2v) is 29.7. The van der Waals surface area contributed by atoms with E-state index < -0.39 is 91.5 Å². The minimum Gasteiger partial charge on any atom is -0.463 e. The lowest BCUT2D eigenvalue weighted by Crippen LogP contribution is -2.30. The third kappa shape index (κ3) is 78.6. The molecule has 4 N–H and O–H groups in total. The zero-order chi connectivity index (χ0) is 75.2. The first-order valence-corrected chi connectivity index (χ1v) is 43.5. The van der Waals surface area contributed by atoms with E-state index in [2.05, 4.69) is 154 Å². The fourth-order valence-electron chi connectivity index (χ4n) is 10.7.